The van der Waals surface area contributed by atoms with Gasteiger partial charge in [0, 0.05) is 12.3 Å². The first kappa shape index (κ1) is 6.42. The van der Waals surface area contributed by atoms with Crippen molar-refractivity contribution < 1.29 is 0 Å². The molecule has 3 rings (SSSR count). The van der Waals surface area contributed by atoms with E-state index in [2.05, 4.69) is 19.5 Å². The summed E-state index contributed by atoms with van der Waals surface area (Å²) < 4.78 is 2.13. The molecule has 4 nitrogen and oxygen atoms in total. The van der Waals surface area contributed by atoms with Gasteiger partial charge in [-0.2, -0.15) is 0 Å². The highest BCUT2D eigenvalue weighted by atomic mass is 32.2. The molecular formula is C7H6N4S. The van der Waals surface area contributed by atoms with Crippen molar-refractivity contribution in [2.45, 2.75) is 11.6 Å². The predicted molar refractivity (Wildman–Crippen MR) is 45.2 cm³/mol. The molecule has 0 fully saturated rings. The second kappa shape index (κ2) is 2.20. The van der Waals surface area contributed by atoms with Crippen LogP contribution in [0.3, 0.4) is 0 Å². The summed E-state index contributed by atoms with van der Waals surface area (Å²) in [7, 11) is 0. The van der Waals surface area contributed by atoms with E-state index in [-0.39, 0.29) is 0 Å². The van der Waals surface area contributed by atoms with Crippen molar-refractivity contribution >= 4 is 11.8 Å². The molecule has 0 amide bonds. The fourth-order valence-electron chi connectivity index (χ4n) is 1.37. The van der Waals surface area contributed by atoms with E-state index in [1.54, 1.807) is 6.33 Å². The molecule has 3 heterocycles. The van der Waals surface area contributed by atoms with E-state index < -0.39 is 0 Å². The zero-order chi connectivity index (χ0) is 7.97. The number of rotatable bonds is 0. The van der Waals surface area contributed by atoms with Crippen molar-refractivity contribution in [1.29, 1.82) is 0 Å². The quantitative estimate of drug-likeness (QED) is 0.562. The van der Waals surface area contributed by atoms with E-state index in [4.69, 9.17) is 0 Å². The van der Waals surface area contributed by atoms with Crippen LogP contribution in [-0.4, -0.2) is 25.3 Å². The van der Waals surface area contributed by atoms with Gasteiger partial charge < -0.3 is 4.57 Å². The molecule has 0 bridgehead atoms. The lowest BCUT2D eigenvalue weighted by Gasteiger charge is -2.03. The van der Waals surface area contributed by atoms with Gasteiger partial charge in [0.05, 0.1) is 6.33 Å². The predicted octanol–water partition coefficient (Wildman–Crippen LogP) is 0.884. The van der Waals surface area contributed by atoms with Gasteiger partial charge in [0.2, 0.25) is 0 Å². The SMILES string of the molecule is c1nc2ncn3c(c-2n1)SCC3. The Labute approximate surface area is 73.4 Å². The Morgan fingerprint density at radius 3 is 3.33 bits per heavy atom. The van der Waals surface area contributed by atoms with Gasteiger partial charge in [-0.1, -0.05) is 0 Å². The minimum absolute atomic E-state index is 0.760. The molecule has 0 aromatic heterocycles. The molecule has 0 N–H and O–H groups in total. The lowest BCUT2D eigenvalue weighted by molar-refractivity contribution is 0.698. The van der Waals surface area contributed by atoms with E-state index in [1.165, 1.54) is 5.03 Å². The maximum Gasteiger partial charge on any atom is 0.183 e. The molecule has 0 aliphatic carbocycles. The molecule has 60 valence electrons. The Bertz CT molecular complexity index is 397. The van der Waals surface area contributed by atoms with E-state index in [0.717, 1.165) is 23.8 Å². The van der Waals surface area contributed by atoms with E-state index in [0.29, 0.717) is 0 Å². The second-order valence-corrected chi connectivity index (χ2v) is 3.72. The van der Waals surface area contributed by atoms with Gasteiger partial charge in [-0.25, -0.2) is 15.0 Å². The van der Waals surface area contributed by atoms with Crippen LogP contribution in [-0.2, 0) is 6.54 Å². The number of aromatic nitrogens is 4. The summed E-state index contributed by atoms with van der Waals surface area (Å²) in [5.41, 5.74) is 0.944. The molecule has 0 saturated heterocycles. The van der Waals surface area contributed by atoms with Crippen LogP contribution in [0, 0.1) is 0 Å². The van der Waals surface area contributed by atoms with Crippen LogP contribution in [0.5, 0.6) is 0 Å². The van der Waals surface area contributed by atoms with Gasteiger partial charge in [-0.05, 0) is 0 Å². The van der Waals surface area contributed by atoms with E-state index in [9.17, 15) is 0 Å². The largest absolute Gasteiger partial charge is 0.324 e. The Balaban J connectivity index is 2.37. The van der Waals surface area contributed by atoms with Gasteiger partial charge in [0.1, 0.15) is 17.0 Å². The zero-order valence-corrected chi connectivity index (χ0v) is 7.08. The number of nitrogens with zero attached hydrogens (tertiary/aromatic N) is 4. The lowest BCUT2D eigenvalue weighted by Crippen LogP contribution is -2.00. The first-order chi connectivity index (χ1) is 5.95. The summed E-state index contributed by atoms with van der Waals surface area (Å²) >= 11 is 1.82. The molecule has 0 aromatic carbocycles. The average Bonchev–Trinajstić information content (AvgIpc) is 2.71. The standard InChI is InChI=1S/C7H6N4S/c1-2-12-7-5-6(9-3-8-5)10-4-11(1)7/h3-4H,1-2H2. The maximum atomic E-state index is 4.19. The van der Waals surface area contributed by atoms with Gasteiger partial charge in [0.15, 0.2) is 5.82 Å². The molecule has 0 atom stereocenters. The Hall–Kier alpha value is -1.10. The van der Waals surface area contributed by atoms with Crippen LogP contribution in [0.4, 0.5) is 0 Å². The molecule has 3 aliphatic rings. The van der Waals surface area contributed by atoms with Crippen LogP contribution in [0.15, 0.2) is 17.7 Å². The van der Waals surface area contributed by atoms with Crippen LogP contribution < -0.4 is 0 Å². The van der Waals surface area contributed by atoms with Gasteiger partial charge in [-0.3, -0.25) is 0 Å². The Kier molecular flexibility index (Phi) is 1.17. The highest BCUT2D eigenvalue weighted by Crippen LogP contribution is 2.32. The van der Waals surface area contributed by atoms with Crippen LogP contribution >= 0.6 is 11.8 Å². The highest BCUT2D eigenvalue weighted by molar-refractivity contribution is 7.99. The summed E-state index contributed by atoms with van der Waals surface area (Å²) in [6.07, 6.45) is 3.41. The average molecular weight is 178 g/mol. The maximum absolute atomic E-state index is 4.19. The minimum Gasteiger partial charge on any atom is -0.324 e. The van der Waals surface area contributed by atoms with E-state index >= 15 is 0 Å². The smallest absolute Gasteiger partial charge is 0.183 e. The Morgan fingerprint density at radius 1 is 1.33 bits per heavy atom. The van der Waals surface area contributed by atoms with Crippen molar-refractivity contribution in [3.8, 4) is 11.5 Å². The van der Waals surface area contributed by atoms with E-state index in [1.807, 2.05) is 18.1 Å². The molecule has 12 heavy (non-hydrogen) atoms. The van der Waals surface area contributed by atoms with Crippen molar-refractivity contribution in [3.63, 3.8) is 0 Å². The van der Waals surface area contributed by atoms with Gasteiger partial charge in [0.25, 0.3) is 0 Å². The number of hydrogen-bond donors (Lipinski definition) is 0. The van der Waals surface area contributed by atoms with Crippen LogP contribution in [0.1, 0.15) is 0 Å². The summed E-state index contributed by atoms with van der Waals surface area (Å²) in [4.78, 5) is 12.4. The number of thioether (sulfide) groups is 1. The number of aryl methyl sites for hydroxylation is 1. The molecule has 0 radical (unpaired) electrons. The monoisotopic (exact) mass is 178 g/mol. The highest BCUT2D eigenvalue weighted by Gasteiger charge is 2.19. The lowest BCUT2D eigenvalue weighted by atomic mass is 10.4. The molecule has 0 unspecified atom stereocenters. The first-order valence-electron chi connectivity index (χ1n) is 3.74. The molecule has 0 spiro atoms. The number of fused-ring (bicyclic) bond motifs is 3. The minimum atomic E-state index is 0.760. The summed E-state index contributed by atoms with van der Waals surface area (Å²) in [5.74, 6) is 1.88. The fourth-order valence-corrected chi connectivity index (χ4v) is 2.44. The fraction of sp³-hybridized carbons (Fsp3) is 0.286. The summed E-state index contributed by atoms with van der Waals surface area (Å²) in [6, 6.07) is 0. The first-order valence-corrected chi connectivity index (χ1v) is 4.72. The third-order valence-electron chi connectivity index (χ3n) is 1.93. The molecule has 0 saturated carbocycles. The normalized spacial score (nSPS) is 15.3. The molecular weight excluding hydrogens is 172 g/mol. The third-order valence-corrected chi connectivity index (χ3v) is 3.02. The Morgan fingerprint density at radius 2 is 2.33 bits per heavy atom. The van der Waals surface area contributed by atoms with Crippen molar-refractivity contribution in [2.24, 2.45) is 0 Å². The van der Waals surface area contributed by atoms with Crippen LogP contribution in [0.2, 0.25) is 0 Å². The zero-order valence-electron chi connectivity index (χ0n) is 6.27. The van der Waals surface area contributed by atoms with Crippen LogP contribution in [0.25, 0.3) is 11.5 Å². The molecule has 5 heteroatoms. The number of imidazole rings is 1. The van der Waals surface area contributed by atoms with Crippen molar-refractivity contribution in [2.75, 3.05) is 5.75 Å². The topological polar surface area (TPSA) is 43.6 Å². The van der Waals surface area contributed by atoms with Crippen molar-refractivity contribution in [1.82, 2.24) is 19.5 Å². The molecule has 3 aliphatic heterocycles. The summed E-state index contributed by atoms with van der Waals surface area (Å²) in [6.45, 7) is 1.04. The van der Waals surface area contributed by atoms with Crippen molar-refractivity contribution in [3.05, 3.63) is 12.7 Å². The third kappa shape index (κ3) is 0.714. The van der Waals surface area contributed by atoms with Gasteiger partial charge >= 0.3 is 0 Å². The summed E-state index contributed by atoms with van der Waals surface area (Å²) in [5, 5.41) is 1.21. The van der Waals surface area contributed by atoms with Gasteiger partial charge in [-0.15, -0.1) is 11.8 Å². The number of hydrogen-bond acceptors (Lipinski definition) is 4. The second-order valence-electron chi connectivity index (χ2n) is 2.64. The molecule has 0 aromatic rings.